The van der Waals surface area contributed by atoms with E-state index in [1.54, 1.807) is 31.2 Å². The Kier molecular flexibility index (Phi) is 7.69. The van der Waals surface area contributed by atoms with Crippen molar-refractivity contribution in [2.45, 2.75) is 52.2 Å². The Hall–Kier alpha value is -1.35. The van der Waals surface area contributed by atoms with Gasteiger partial charge in [-0.2, -0.15) is 0 Å². The maximum atomic E-state index is 12.7. The van der Waals surface area contributed by atoms with Crippen LogP contribution in [0.4, 0.5) is 11.4 Å². The summed E-state index contributed by atoms with van der Waals surface area (Å²) in [5, 5.41) is 2.82. The lowest BCUT2D eigenvalue weighted by Gasteiger charge is -2.57. The number of nitrogens with one attached hydrogen (secondary N) is 2. The van der Waals surface area contributed by atoms with Crippen molar-refractivity contribution in [2.24, 2.45) is 11.1 Å². The van der Waals surface area contributed by atoms with Crippen molar-refractivity contribution in [2.75, 3.05) is 22.4 Å². The molecule has 4 N–H and O–H groups in total. The Morgan fingerprint density at radius 1 is 1.22 bits per heavy atom. The molecule has 1 amide bonds. The fourth-order valence-electron chi connectivity index (χ4n) is 3.18. The summed E-state index contributed by atoms with van der Waals surface area (Å²) < 4.78 is 31.7. The van der Waals surface area contributed by atoms with Gasteiger partial charge in [0.25, 0.3) is 0 Å². The van der Waals surface area contributed by atoms with Crippen LogP contribution in [0.25, 0.3) is 0 Å². The molecule has 0 saturated heterocycles. The first-order valence-electron chi connectivity index (χ1n) is 8.88. The first kappa shape index (κ1) is 23.7. The van der Waals surface area contributed by atoms with Gasteiger partial charge < -0.3 is 15.8 Å². The molecule has 1 aromatic carbocycles. The summed E-state index contributed by atoms with van der Waals surface area (Å²) in [6, 6.07) is 6.52. The van der Waals surface area contributed by atoms with Gasteiger partial charge in [-0.15, -0.1) is 12.4 Å². The van der Waals surface area contributed by atoms with Crippen LogP contribution < -0.4 is 15.8 Å². The molecule has 0 spiro atoms. The van der Waals surface area contributed by atoms with Gasteiger partial charge in [-0.25, -0.2) is 8.42 Å². The molecule has 7 nitrogen and oxygen atoms in total. The molecule has 0 aromatic heterocycles. The zero-order valence-electron chi connectivity index (χ0n) is 16.2. The summed E-state index contributed by atoms with van der Waals surface area (Å²) in [5.41, 5.74) is 5.90. The van der Waals surface area contributed by atoms with Gasteiger partial charge in [0.15, 0.2) is 0 Å². The lowest BCUT2D eigenvalue weighted by molar-refractivity contribution is -0.166. The maximum Gasteiger partial charge on any atom is 0.245 e. The van der Waals surface area contributed by atoms with Crippen molar-refractivity contribution in [3.8, 4) is 0 Å². The standard InChI is InChI=1S/C18H29N3O4S.ClH/c1-5-11-26(23,24)21-14-9-7-13(8-10-14)20-16(22)18(19)12-15(25-6-2)17(18,3)4;/h7-10,15,21H,5-6,11-12,19H2,1-4H3,(H,20,22);1H. The molecule has 0 radical (unpaired) electrons. The Balaban J connectivity index is 0.00000364. The highest BCUT2D eigenvalue weighted by Crippen LogP contribution is 2.50. The van der Waals surface area contributed by atoms with Crippen LogP contribution in [-0.2, 0) is 19.6 Å². The van der Waals surface area contributed by atoms with Crippen molar-refractivity contribution < 1.29 is 17.9 Å². The van der Waals surface area contributed by atoms with Crippen LogP contribution in [0.2, 0.25) is 0 Å². The summed E-state index contributed by atoms with van der Waals surface area (Å²) in [6.07, 6.45) is 0.966. The molecule has 1 aromatic rings. The van der Waals surface area contributed by atoms with E-state index in [1.165, 1.54) is 0 Å². The topological polar surface area (TPSA) is 111 Å². The Labute approximate surface area is 167 Å². The van der Waals surface area contributed by atoms with Crippen molar-refractivity contribution >= 4 is 39.7 Å². The summed E-state index contributed by atoms with van der Waals surface area (Å²) in [5.74, 6) is -0.199. The van der Waals surface area contributed by atoms with E-state index in [0.717, 1.165) is 0 Å². The number of sulfonamides is 1. The van der Waals surface area contributed by atoms with Crippen LogP contribution in [0.5, 0.6) is 0 Å². The second-order valence-electron chi connectivity index (χ2n) is 7.29. The minimum absolute atomic E-state index is 0. The lowest BCUT2D eigenvalue weighted by Crippen LogP contribution is -2.74. The normalized spacial score (nSPS) is 23.7. The van der Waals surface area contributed by atoms with Gasteiger partial charge in [0.05, 0.1) is 11.9 Å². The maximum absolute atomic E-state index is 12.7. The number of hydrogen-bond acceptors (Lipinski definition) is 5. The average molecular weight is 420 g/mol. The second kappa shape index (κ2) is 8.77. The quantitative estimate of drug-likeness (QED) is 0.600. The number of benzene rings is 1. The van der Waals surface area contributed by atoms with Gasteiger partial charge in [-0.1, -0.05) is 20.8 Å². The predicted octanol–water partition coefficient (Wildman–Crippen LogP) is 2.73. The molecule has 1 aliphatic carbocycles. The molecule has 154 valence electrons. The van der Waals surface area contributed by atoms with Gasteiger partial charge in [0.2, 0.25) is 15.9 Å². The highest BCUT2D eigenvalue weighted by molar-refractivity contribution is 7.92. The van der Waals surface area contributed by atoms with Crippen molar-refractivity contribution in [3.63, 3.8) is 0 Å². The fourth-order valence-corrected chi connectivity index (χ4v) is 4.32. The molecule has 27 heavy (non-hydrogen) atoms. The average Bonchev–Trinajstić information content (AvgIpc) is 2.55. The highest BCUT2D eigenvalue weighted by Gasteiger charge is 2.62. The van der Waals surface area contributed by atoms with Gasteiger partial charge in [-0.05, 0) is 37.6 Å². The molecule has 1 aliphatic rings. The van der Waals surface area contributed by atoms with Crippen LogP contribution in [0.3, 0.4) is 0 Å². The van der Waals surface area contributed by atoms with Crippen LogP contribution in [-0.4, -0.2) is 38.3 Å². The number of carbonyl (C=O) groups excluding carboxylic acids is 1. The molecule has 2 unspecified atom stereocenters. The summed E-state index contributed by atoms with van der Waals surface area (Å²) in [4.78, 5) is 12.7. The van der Waals surface area contributed by atoms with Crippen LogP contribution >= 0.6 is 12.4 Å². The molecule has 1 fully saturated rings. The number of rotatable bonds is 8. The molecule has 0 aliphatic heterocycles. The third-order valence-corrected chi connectivity index (χ3v) is 6.62. The smallest absolute Gasteiger partial charge is 0.245 e. The molecule has 0 bridgehead atoms. The molecule has 0 heterocycles. The number of hydrogen-bond donors (Lipinski definition) is 3. The summed E-state index contributed by atoms with van der Waals surface area (Å²) in [7, 11) is -3.34. The number of carbonyl (C=O) groups is 1. The van der Waals surface area contributed by atoms with E-state index < -0.39 is 21.0 Å². The van der Waals surface area contributed by atoms with E-state index in [9.17, 15) is 13.2 Å². The highest BCUT2D eigenvalue weighted by atomic mass is 35.5. The van der Waals surface area contributed by atoms with E-state index in [-0.39, 0.29) is 30.2 Å². The van der Waals surface area contributed by atoms with Crippen LogP contribution in [0.15, 0.2) is 24.3 Å². The number of anilines is 2. The van der Waals surface area contributed by atoms with E-state index in [0.29, 0.717) is 30.8 Å². The Morgan fingerprint density at radius 2 is 1.78 bits per heavy atom. The number of nitrogens with two attached hydrogens (primary N) is 1. The van der Waals surface area contributed by atoms with Crippen LogP contribution in [0.1, 0.15) is 40.5 Å². The Morgan fingerprint density at radius 3 is 2.26 bits per heavy atom. The number of amides is 1. The van der Waals surface area contributed by atoms with E-state index in [4.69, 9.17) is 10.5 Å². The third kappa shape index (κ3) is 4.93. The predicted molar refractivity (Wildman–Crippen MR) is 111 cm³/mol. The number of halogens is 1. The molecular formula is C18H30ClN3O4S. The first-order valence-corrected chi connectivity index (χ1v) is 10.5. The SMILES string of the molecule is CCCS(=O)(=O)Nc1ccc(NC(=O)C2(N)CC(OCC)C2(C)C)cc1.Cl. The van der Waals surface area contributed by atoms with Gasteiger partial charge in [0.1, 0.15) is 5.54 Å². The zero-order chi connectivity index (χ0) is 19.6. The molecule has 1 saturated carbocycles. The largest absolute Gasteiger partial charge is 0.378 e. The molecule has 9 heteroatoms. The van der Waals surface area contributed by atoms with Gasteiger partial charge in [0, 0.05) is 29.8 Å². The van der Waals surface area contributed by atoms with Gasteiger partial charge in [-0.3, -0.25) is 9.52 Å². The summed E-state index contributed by atoms with van der Waals surface area (Å²) in [6.45, 7) is 8.17. The van der Waals surface area contributed by atoms with E-state index in [2.05, 4.69) is 10.0 Å². The Bertz CT molecular complexity index is 752. The monoisotopic (exact) mass is 419 g/mol. The third-order valence-electron chi connectivity index (χ3n) is 5.12. The minimum atomic E-state index is -3.34. The molecule has 2 atom stereocenters. The van der Waals surface area contributed by atoms with E-state index in [1.807, 2.05) is 20.8 Å². The van der Waals surface area contributed by atoms with Gasteiger partial charge >= 0.3 is 0 Å². The second-order valence-corrected chi connectivity index (χ2v) is 9.14. The minimum Gasteiger partial charge on any atom is -0.378 e. The zero-order valence-corrected chi connectivity index (χ0v) is 17.9. The van der Waals surface area contributed by atoms with Crippen LogP contribution in [0, 0.1) is 5.41 Å². The first-order chi connectivity index (χ1) is 12.1. The van der Waals surface area contributed by atoms with Crippen molar-refractivity contribution in [1.29, 1.82) is 0 Å². The van der Waals surface area contributed by atoms with E-state index >= 15 is 0 Å². The number of ether oxygens (including phenoxy) is 1. The van der Waals surface area contributed by atoms with Crippen molar-refractivity contribution in [1.82, 2.24) is 0 Å². The van der Waals surface area contributed by atoms with Crippen molar-refractivity contribution in [3.05, 3.63) is 24.3 Å². The summed E-state index contributed by atoms with van der Waals surface area (Å²) >= 11 is 0. The molecular weight excluding hydrogens is 390 g/mol. The molecule has 2 rings (SSSR count). The lowest BCUT2D eigenvalue weighted by atomic mass is 9.54. The fraction of sp³-hybridized carbons (Fsp3) is 0.611.